The van der Waals surface area contributed by atoms with E-state index in [4.69, 9.17) is 0 Å². The lowest BCUT2D eigenvalue weighted by atomic mass is 10.7. The summed E-state index contributed by atoms with van der Waals surface area (Å²) < 4.78 is 0. The molecular weight excluding hydrogens is 128 g/mol. The normalized spacial score (nSPS) is 7.40. The van der Waals surface area contributed by atoms with Crippen LogP contribution in [0.15, 0.2) is 0 Å². The fourth-order valence-electron chi connectivity index (χ4n) is 0.400. The van der Waals surface area contributed by atoms with Crippen LogP contribution in [-0.2, 0) is 0 Å². The SMILES string of the molecule is CC.CN(C)C(=O)N(C)C. The van der Waals surface area contributed by atoms with Gasteiger partial charge in [-0.05, 0) is 0 Å². The maximum Gasteiger partial charge on any atom is 0.318 e. The van der Waals surface area contributed by atoms with Crippen LogP contribution >= 0.6 is 0 Å². The van der Waals surface area contributed by atoms with E-state index in [0.29, 0.717) is 0 Å². The van der Waals surface area contributed by atoms with Gasteiger partial charge >= 0.3 is 6.03 Å². The van der Waals surface area contributed by atoms with E-state index in [1.807, 2.05) is 13.8 Å². The number of nitrogens with zero attached hydrogens (tertiary/aromatic N) is 2. The van der Waals surface area contributed by atoms with Crippen molar-refractivity contribution < 1.29 is 4.79 Å². The summed E-state index contributed by atoms with van der Waals surface area (Å²) in [4.78, 5) is 13.8. The molecule has 0 bridgehead atoms. The van der Waals surface area contributed by atoms with Crippen molar-refractivity contribution in [2.75, 3.05) is 28.2 Å². The smallest absolute Gasteiger partial charge is 0.318 e. The van der Waals surface area contributed by atoms with Crippen LogP contribution < -0.4 is 0 Å². The summed E-state index contributed by atoms with van der Waals surface area (Å²) in [6, 6.07) is 0.0185. The first-order valence-corrected chi connectivity index (χ1v) is 3.44. The molecule has 62 valence electrons. The van der Waals surface area contributed by atoms with E-state index in [0.717, 1.165) is 0 Å². The highest BCUT2D eigenvalue weighted by atomic mass is 16.2. The minimum Gasteiger partial charge on any atom is -0.331 e. The average Bonchev–Trinajstić information content (AvgIpc) is 1.90. The Morgan fingerprint density at radius 1 is 0.900 bits per heavy atom. The highest BCUT2D eigenvalue weighted by Crippen LogP contribution is 1.83. The van der Waals surface area contributed by atoms with Gasteiger partial charge in [-0.25, -0.2) is 4.79 Å². The topological polar surface area (TPSA) is 23.6 Å². The number of hydrogen-bond donors (Lipinski definition) is 0. The van der Waals surface area contributed by atoms with Crippen LogP contribution in [0.4, 0.5) is 4.79 Å². The Balaban J connectivity index is 0. The zero-order chi connectivity index (χ0) is 8.73. The minimum absolute atomic E-state index is 0.0185. The summed E-state index contributed by atoms with van der Waals surface area (Å²) in [6.45, 7) is 4.00. The van der Waals surface area contributed by atoms with Gasteiger partial charge < -0.3 is 9.80 Å². The Morgan fingerprint density at radius 3 is 1.10 bits per heavy atom. The van der Waals surface area contributed by atoms with Gasteiger partial charge in [-0.3, -0.25) is 0 Å². The van der Waals surface area contributed by atoms with E-state index in [-0.39, 0.29) is 6.03 Å². The first-order valence-electron chi connectivity index (χ1n) is 3.44. The number of carbonyl (C=O) groups excluding carboxylic acids is 1. The van der Waals surface area contributed by atoms with Crippen LogP contribution in [0, 0.1) is 0 Å². The lowest BCUT2D eigenvalue weighted by Gasteiger charge is -2.16. The first-order chi connectivity index (χ1) is 4.55. The van der Waals surface area contributed by atoms with Crippen molar-refractivity contribution in [2.45, 2.75) is 13.8 Å². The molecule has 3 nitrogen and oxygen atoms in total. The van der Waals surface area contributed by atoms with Crippen LogP contribution in [0.25, 0.3) is 0 Å². The molecule has 0 radical (unpaired) electrons. The molecule has 0 fully saturated rings. The summed E-state index contributed by atoms with van der Waals surface area (Å²) in [5.74, 6) is 0. The minimum atomic E-state index is 0.0185. The fraction of sp³-hybridized carbons (Fsp3) is 0.857. The lowest BCUT2D eigenvalue weighted by molar-refractivity contribution is 0.191. The molecule has 0 saturated heterocycles. The molecule has 0 unspecified atom stereocenters. The number of rotatable bonds is 0. The van der Waals surface area contributed by atoms with Gasteiger partial charge in [0.05, 0.1) is 0 Å². The average molecular weight is 146 g/mol. The van der Waals surface area contributed by atoms with Gasteiger partial charge in [0.25, 0.3) is 0 Å². The molecule has 0 N–H and O–H groups in total. The quantitative estimate of drug-likeness (QED) is 0.504. The van der Waals surface area contributed by atoms with Gasteiger partial charge in [0, 0.05) is 28.2 Å². The van der Waals surface area contributed by atoms with Crippen molar-refractivity contribution in [1.82, 2.24) is 9.80 Å². The summed E-state index contributed by atoms with van der Waals surface area (Å²) in [5, 5.41) is 0. The Kier molecular flexibility index (Phi) is 7.67. The van der Waals surface area contributed by atoms with Gasteiger partial charge in [-0.2, -0.15) is 0 Å². The molecule has 0 aliphatic rings. The zero-order valence-electron chi connectivity index (χ0n) is 7.80. The van der Waals surface area contributed by atoms with E-state index >= 15 is 0 Å². The zero-order valence-corrected chi connectivity index (χ0v) is 7.80. The molecule has 0 aromatic rings. The Morgan fingerprint density at radius 2 is 1.10 bits per heavy atom. The third kappa shape index (κ3) is 5.41. The maximum absolute atomic E-state index is 10.7. The van der Waals surface area contributed by atoms with Gasteiger partial charge in [0.2, 0.25) is 0 Å². The van der Waals surface area contributed by atoms with Crippen LogP contribution in [0.2, 0.25) is 0 Å². The number of carbonyl (C=O) groups is 1. The first kappa shape index (κ1) is 12.0. The predicted octanol–water partition coefficient (Wildman–Crippen LogP) is 1.26. The van der Waals surface area contributed by atoms with Crippen LogP contribution in [-0.4, -0.2) is 44.0 Å². The second-order valence-corrected chi connectivity index (χ2v) is 2.07. The molecule has 0 aromatic heterocycles. The Labute approximate surface area is 63.6 Å². The highest BCUT2D eigenvalue weighted by molar-refractivity contribution is 5.72. The fourth-order valence-corrected chi connectivity index (χ4v) is 0.400. The summed E-state index contributed by atoms with van der Waals surface area (Å²) in [5.41, 5.74) is 0. The summed E-state index contributed by atoms with van der Waals surface area (Å²) >= 11 is 0. The molecule has 0 heterocycles. The van der Waals surface area contributed by atoms with Crippen LogP contribution in [0.1, 0.15) is 13.8 Å². The van der Waals surface area contributed by atoms with Crippen molar-refractivity contribution >= 4 is 6.03 Å². The van der Waals surface area contributed by atoms with E-state index in [1.54, 1.807) is 28.2 Å². The second-order valence-electron chi connectivity index (χ2n) is 2.07. The molecule has 0 aromatic carbocycles. The van der Waals surface area contributed by atoms with Crippen molar-refractivity contribution in [1.29, 1.82) is 0 Å². The van der Waals surface area contributed by atoms with Crippen molar-refractivity contribution in [2.24, 2.45) is 0 Å². The predicted molar refractivity (Wildman–Crippen MR) is 44.1 cm³/mol. The standard InChI is InChI=1S/C5H12N2O.C2H6/c1-6(2)5(8)7(3)4;1-2/h1-4H3;1-2H3. The van der Waals surface area contributed by atoms with Crippen molar-refractivity contribution in [3.8, 4) is 0 Å². The third-order valence-corrected chi connectivity index (χ3v) is 0.765. The van der Waals surface area contributed by atoms with E-state index in [1.165, 1.54) is 9.80 Å². The molecule has 0 aliphatic heterocycles. The molecule has 0 aliphatic carbocycles. The molecule has 0 atom stereocenters. The highest BCUT2D eigenvalue weighted by Gasteiger charge is 2.02. The van der Waals surface area contributed by atoms with Crippen LogP contribution in [0.5, 0.6) is 0 Å². The molecule has 10 heavy (non-hydrogen) atoms. The monoisotopic (exact) mass is 146 g/mol. The molecule has 2 amide bonds. The van der Waals surface area contributed by atoms with Gasteiger partial charge in [-0.15, -0.1) is 0 Å². The molecule has 3 heteroatoms. The third-order valence-electron chi connectivity index (χ3n) is 0.765. The van der Waals surface area contributed by atoms with Gasteiger partial charge in [0.1, 0.15) is 0 Å². The van der Waals surface area contributed by atoms with Gasteiger partial charge in [-0.1, -0.05) is 13.8 Å². The summed E-state index contributed by atoms with van der Waals surface area (Å²) in [7, 11) is 6.90. The van der Waals surface area contributed by atoms with Crippen molar-refractivity contribution in [3.63, 3.8) is 0 Å². The van der Waals surface area contributed by atoms with Crippen LogP contribution in [0.3, 0.4) is 0 Å². The Hall–Kier alpha value is -0.730. The van der Waals surface area contributed by atoms with Gasteiger partial charge in [0.15, 0.2) is 0 Å². The summed E-state index contributed by atoms with van der Waals surface area (Å²) in [6.07, 6.45) is 0. The molecule has 0 rings (SSSR count). The second kappa shape index (κ2) is 6.39. The largest absolute Gasteiger partial charge is 0.331 e. The molecular formula is C7H18N2O. The number of amides is 2. The lowest BCUT2D eigenvalue weighted by Crippen LogP contribution is -2.33. The Bertz CT molecular complexity index is 79.6. The maximum atomic E-state index is 10.7. The molecule has 0 saturated carbocycles. The van der Waals surface area contributed by atoms with E-state index in [9.17, 15) is 4.79 Å². The van der Waals surface area contributed by atoms with E-state index in [2.05, 4.69) is 0 Å². The number of hydrogen-bond acceptors (Lipinski definition) is 1. The van der Waals surface area contributed by atoms with Crippen molar-refractivity contribution in [3.05, 3.63) is 0 Å². The van der Waals surface area contributed by atoms with E-state index < -0.39 is 0 Å². The molecule has 0 spiro atoms. The number of urea groups is 1.